The number of hydrogen-bond donors (Lipinski definition) is 1. The highest BCUT2D eigenvalue weighted by atomic mass is 35.5. The lowest BCUT2D eigenvalue weighted by atomic mass is 9.94. The van der Waals surface area contributed by atoms with Crippen molar-refractivity contribution in [3.8, 4) is 0 Å². The number of aryl methyl sites for hydroxylation is 2. The topological polar surface area (TPSA) is 29.9 Å². The first-order chi connectivity index (χ1) is 8.51. The molecule has 18 heavy (non-hydrogen) atoms. The van der Waals surface area contributed by atoms with E-state index in [4.69, 9.17) is 11.6 Å². The van der Waals surface area contributed by atoms with Crippen LogP contribution in [0.1, 0.15) is 45.0 Å². The third kappa shape index (κ3) is 2.57. The van der Waals surface area contributed by atoms with Crippen LogP contribution in [0.2, 0.25) is 5.02 Å². The Bertz CT molecular complexity index is 421. The van der Waals surface area contributed by atoms with Gasteiger partial charge in [-0.15, -0.1) is 0 Å². The van der Waals surface area contributed by atoms with Gasteiger partial charge in [-0.25, -0.2) is 0 Å². The molecule has 1 aliphatic carbocycles. The van der Waals surface area contributed by atoms with E-state index in [1.54, 1.807) is 0 Å². The van der Waals surface area contributed by atoms with Gasteiger partial charge in [0.05, 0.1) is 16.4 Å². The predicted molar refractivity (Wildman–Crippen MR) is 76.2 cm³/mol. The fourth-order valence-corrected chi connectivity index (χ4v) is 2.83. The van der Waals surface area contributed by atoms with Crippen molar-refractivity contribution in [2.24, 2.45) is 5.41 Å². The molecule has 1 aromatic heterocycles. The zero-order chi connectivity index (χ0) is 13.3. The Labute approximate surface area is 115 Å². The summed E-state index contributed by atoms with van der Waals surface area (Å²) in [5.74, 6) is 0. The van der Waals surface area contributed by atoms with Gasteiger partial charge in [0.1, 0.15) is 0 Å². The maximum Gasteiger partial charge on any atom is 0.0847 e. The Hall–Kier alpha value is -0.540. The monoisotopic (exact) mass is 269 g/mol. The van der Waals surface area contributed by atoms with Gasteiger partial charge in [0.2, 0.25) is 0 Å². The summed E-state index contributed by atoms with van der Waals surface area (Å²) in [6.07, 6.45) is 3.63. The zero-order valence-corrected chi connectivity index (χ0v) is 12.6. The molecule has 0 aromatic carbocycles. The van der Waals surface area contributed by atoms with Crippen LogP contribution in [0, 0.1) is 12.3 Å². The molecule has 0 radical (unpaired) electrons. The molecule has 1 fully saturated rings. The molecule has 0 bridgehead atoms. The van der Waals surface area contributed by atoms with E-state index in [0.29, 0.717) is 11.5 Å². The maximum absolute atomic E-state index is 6.40. The van der Waals surface area contributed by atoms with Gasteiger partial charge < -0.3 is 5.32 Å². The van der Waals surface area contributed by atoms with Gasteiger partial charge in [-0.05, 0) is 38.6 Å². The molecule has 1 saturated carbocycles. The third-order valence-electron chi connectivity index (χ3n) is 4.18. The van der Waals surface area contributed by atoms with Gasteiger partial charge >= 0.3 is 0 Å². The largest absolute Gasteiger partial charge is 0.313 e. The summed E-state index contributed by atoms with van der Waals surface area (Å²) in [6, 6.07) is 0.515. The Kier molecular flexibility index (Phi) is 4.02. The van der Waals surface area contributed by atoms with E-state index in [2.05, 4.69) is 31.2 Å². The van der Waals surface area contributed by atoms with E-state index in [0.717, 1.165) is 30.2 Å². The van der Waals surface area contributed by atoms with Crippen molar-refractivity contribution >= 4 is 11.6 Å². The molecule has 0 saturated heterocycles. The number of likely N-dealkylation sites (N-methyl/N-ethyl adjacent to an activating group) is 1. The minimum Gasteiger partial charge on any atom is -0.313 e. The lowest BCUT2D eigenvalue weighted by Crippen LogP contribution is -2.38. The highest BCUT2D eigenvalue weighted by molar-refractivity contribution is 6.31. The van der Waals surface area contributed by atoms with Gasteiger partial charge in [-0.1, -0.05) is 25.4 Å². The molecule has 3 nitrogen and oxygen atoms in total. The Balaban J connectivity index is 2.20. The van der Waals surface area contributed by atoms with E-state index >= 15 is 0 Å². The van der Waals surface area contributed by atoms with Crippen LogP contribution in [0.15, 0.2) is 0 Å². The number of nitrogens with one attached hydrogen (secondary N) is 1. The van der Waals surface area contributed by atoms with Gasteiger partial charge in [-0.2, -0.15) is 5.10 Å². The van der Waals surface area contributed by atoms with Gasteiger partial charge in [0, 0.05) is 19.0 Å². The number of rotatable bonds is 6. The van der Waals surface area contributed by atoms with Crippen molar-refractivity contribution in [1.82, 2.24) is 15.1 Å². The average molecular weight is 270 g/mol. The van der Waals surface area contributed by atoms with Gasteiger partial charge in [0.25, 0.3) is 0 Å². The number of aromatic nitrogens is 2. The summed E-state index contributed by atoms with van der Waals surface area (Å²) in [7, 11) is 0. The Morgan fingerprint density at radius 1 is 1.44 bits per heavy atom. The van der Waals surface area contributed by atoms with Crippen LogP contribution in [0.25, 0.3) is 0 Å². The first-order valence-corrected chi connectivity index (χ1v) is 7.34. The van der Waals surface area contributed by atoms with Crippen LogP contribution in [-0.4, -0.2) is 22.4 Å². The SMILES string of the molecule is CCNC(Cc1c(Cl)c(C)nn1CC)C1(C)CC1. The highest BCUT2D eigenvalue weighted by Gasteiger charge is 2.44. The molecule has 0 spiro atoms. The molecule has 1 N–H and O–H groups in total. The molecule has 4 heteroatoms. The van der Waals surface area contributed by atoms with E-state index in [1.165, 1.54) is 18.5 Å². The maximum atomic E-state index is 6.40. The van der Waals surface area contributed by atoms with Crippen LogP contribution in [0.4, 0.5) is 0 Å². The van der Waals surface area contributed by atoms with Crippen LogP contribution in [0.5, 0.6) is 0 Å². The first-order valence-electron chi connectivity index (χ1n) is 6.97. The molecule has 2 rings (SSSR count). The highest BCUT2D eigenvalue weighted by Crippen LogP contribution is 2.49. The lowest BCUT2D eigenvalue weighted by molar-refractivity contribution is 0.353. The second kappa shape index (κ2) is 5.22. The lowest BCUT2D eigenvalue weighted by Gasteiger charge is -2.25. The second-order valence-electron chi connectivity index (χ2n) is 5.63. The average Bonchev–Trinajstić information content (AvgIpc) is 3.04. The Morgan fingerprint density at radius 3 is 2.61 bits per heavy atom. The van der Waals surface area contributed by atoms with E-state index in [9.17, 15) is 0 Å². The quantitative estimate of drug-likeness (QED) is 0.860. The molecule has 102 valence electrons. The van der Waals surface area contributed by atoms with Crippen molar-refractivity contribution in [2.45, 2.75) is 59.5 Å². The molecule has 1 atom stereocenters. The minimum atomic E-state index is 0.454. The number of nitrogens with zero attached hydrogens (tertiary/aromatic N) is 2. The van der Waals surface area contributed by atoms with Crippen LogP contribution >= 0.6 is 11.6 Å². The summed E-state index contributed by atoms with van der Waals surface area (Å²) < 4.78 is 2.05. The molecule has 1 aliphatic rings. The first kappa shape index (κ1) is 13.9. The Morgan fingerprint density at radius 2 is 2.11 bits per heavy atom. The zero-order valence-electron chi connectivity index (χ0n) is 11.9. The summed E-state index contributed by atoms with van der Waals surface area (Å²) in [4.78, 5) is 0. The van der Waals surface area contributed by atoms with E-state index < -0.39 is 0 Å². The molecule has 1 aromatic rings. The van der Waals surface area contributed by atoms with Crippen LogP contribution in [0.3, 0.4) is 0 Å². The molecule has 0 amide bonds. The molecule has 0 aliphatic heterocycles. The standard InChI is InChI=1S/C14H24ClN3/c1-5-16-12(14(4)7-8-14)9-11-13(15)10(3)17-18(11)6-2/h12,16H,5-9H2,1-4H3. The molecule has 1 heterocycles. The summed E-state index contributed by atoms with van der Waals surface area (Å²) >= 11 is 6.40. The summed E-state index contributed by atoms with van der Waals surface area (Å²) in [5.41, 5.74) is 2.59. The van der Waals surface area contributed by atoms with Crippen LogP contribution in [-0.2, 0) is 13.0 Å². The fourth-order valence-electron chi connectivity index (χ4n) is 2.61. The molecule has 1 unspecified atom stereocenters. The number of halogens is 1. The summed E-state index contributed by atoms with van der Waals surface area (Å²) in [6.45, 7) is 10.5. The van der Waals surface area contributed by atoms with E-state index in [1.807, 2.05) is 11.6 Å². The van der Waals surface area contributed by atoms with Gasteiger partial charge in [0.15, 0.2) is 0 Å². The fraction of sp³-hybridized carbons (Fsp3) is 0.786. The van der Waals surface area contributed by atoms with Crippen molar-refractivity contribution in [2.75, 3.05) is 6.54 Å². The van der Waals surface area contributed by atoms with Crippen molar-refractivity contribution in [3.63, 3.8) is 0 Å². The van der Waals surface area contributed by atoms with E-state index in [-0.39, 0.29) is 0 Å². The summed E-state index contributed by atoms with van der Waals surface area (Å²) in [5, 5.41) is 8.97. The second-order valence-corrected chi connectivity index (χ2v) is 6.01. The van der Waals surface area contributed by atoms with Crippen LogP contribution < -0.4 is 5.32 Å². The molecular formula is C14H24ClN3. The smallest absolute Gasteiger partial charge is 0.0847 e. The number of hydrogen-bond acceptors (Lipinski definition) is 2. The van der Waals surface area contributed by atoms with Crippen molar-refractivity contribution in [3.05, 3.63) is 16.4 Å². The minimum absolute atomic E-state index is 0.454. The molecular weight excluding hydrogens is 246 g/mol. The normalized spacial score (nSPS) is 18.9. The van der Waals surface area contributed by atoms with Crippen molar-refractivity contribution in [1.29, 1.82) is 0 Å². The third-order valence-corrected chi connectivity index (χ3v) is 4.67. The van der Waals surface area contributed by atoms with Gasteiger partial charge in [-0.3, -0.25) is 4.68 Å². The predicted octanol–water partition coefficient (Wildman–Crippen LogP) is 3.19. The van der Waals surface area contributed by atoms with Crippen molar-refractivity contribution < 1.29 is 0 Å².